The molecule has 0 radical (unpaired) electrons. The molecule has 1 rings (SSSR count). The van der Waals surface area contributed by atoms with E-state index < -0.39 is 35.4 Å². The first kappa shape index (κ1) is 15.1. The summed E-state index contributed by atoms with van der Waals surface area (Å²) < 4.78 is 47.6. The van der Waals surface area contributed by atoms with E-state index in [2.05, 4.69) is 14.8 Å². The van der Waals surface area contributed by atoms with Gasteiger partial charge in [0.1, 0.15) is 6.04 Å². The third-order valence-electron chi connectivity index (χ3n) is 2.47. The molecule has 1 fully saturated rings. The number of carbonyl (C=O) groups is 2. The number of ether oxygens (including phenoxy) is 2. The van der Waals surface area contributed by atoms with E-state index in [0.717, 1.165) is 14.2 Å². The number of methoxy groups -OCH3 is 2. The molecule has 18 heavy (non-hydrogen) atoms. The normalized spacial score (nSPS) is 27.9. The fourth-order valence-electron chi connectivity index (χ4n) is 1.50. The minimum atomic E-state index is -4.69. The minimum Gasteiger partial charge on any atom is -0.469 e. The molecular weight excluding hydrogens is 275 g/mol. The summed E-state index contributed by atoms with van der Waals surface area (Å²) in [6.45, 7) is 0. The van der Waals surface area contributed by atoms with Gasteiger partial charge in [-0.05, 0) is 0 Å². The Hall–Kier alpha value is -0.960. The van der Waals surface area contributed by atoms with Crippen LogP contribution in [-0.2, 0) is 19.1 Å². The first-order valence-corrected chi connectivity index (χ1v) is 5.87. The van der Waals surface area contributed by atoms with E-state index in [9.17, 15) is 22.8 Å². The summed E-state index contributed by atoms with van der Waals surface area (Å²) >= 11 is 0.454. The van der Waals surface area contributed by atoms with Gasteiger partial charge in [-0.2, -0.15) is 13.2 Å². The van der Waals surface area contributed by atoms with Gasteiger partial charge < -0.3 is 9.47 Å². The first-order valence-electron chi connectivity index (χ1n) is 4.89. The maximum absolute atomic E-state index is 13.0. The van der Waals surface area contributed by atoms with Gasteiger partial charge in [-0.25, -0.2) is 0 Å². The van der Waals surface area contributed by atoms with Crippen LogP contribution in [0, 0.1) is 0 Å². The van der Waals surface area contributed by atoms with Crippen molar-refractivity contribution in [3.63, 3.8) is 0 Å². The third-order valence-corrected chi connectivity index (χ3v) is 3.95. The molecular formula is C9H12F3NO4S. The molecule has 1 aliphatic rings. The third kappa shape index (κ3) is 2.89. The number of hydrogen-bond acceptors (Lipinski definition) is 6. The summed E-state index contributed by atoms with van der Waals surface area (Å²) in [6.07, 6.45) is -5.58. The Labute approximate surface area is 105 Å². The molecule has 1 N–H and O–H groups in total. The monoisotopic (exact) mass is 287 g/mol. The Morgan fingerprint density at radius 1 is 1.39 bits per heavy atom. The van der Waals surface area contributed by atoms with Crippen molar-refractivity contribution in [2.45, 2.75) is 23.5 Å². The van der Waals surface area contributed by atoms with Gasteiger partial charge in [-0.1, -0.05) is 0 Å². The van der Waals surface area contributed by atoms with Crippen molar-refractivity contribution in [2.24, 2.45) is 0 Å². The Morgan fingerprint density at radius 3 is 2.44 bits per heavy atom. The zero-order chi connectivity index (χ0) is 14.0. The quantitative estimate of drug-likeness (QED) is 0.770. The zero-order valence-corrected chi connectivity index (χ0v) is 10.5. The van der Waals surface area contributed by atoms with Crippen LogP contribution in [0.15, 0.2) is 0 Å². The molecule has 5 nitrogen and oxygen atoms in total. The van der Waals surface area contributed by atoms with Gasteiger partial charge >= 0.3 is 18.1 Å². The van der Waals surface area contributed by atoms with Crippen LogP contribution >= 0.6 is 11.8 Å². The topological polar surface area (TPSA) is 64.6 Å². The lowest BCUT2D eigenvalue weighted by Crippen LogP contribution is -2.55. The number of halogens is 3. The second-order valence-corrected chi connectivity index (χ2v) is 4.93. The number of carbonyl (C=O) groups excluding carboxylic acids is 2. The van der Waals surface area contributed by atoms with Gasteiger partial charge in [0.25, 0.3) is 0 Å². The Bertz CT molecular complexity index is 349. The van der Waals surface area contributed by atoms with Crippen LogP contribution in [-0.4, -0.2) is 49.0 Å². The number of esters is 2. The van der Waals surface area contributed by atoms with E-state index in [4.69, 9.17) is 0 Å². The molecule has 104 valence electrons. The highest BCUT2D eigenvalue weighted by Gasteiger charge is 2.61. The highest BCUT2D eigenvalue weighted by molar-refractivity contribution is 8.01. The molecule has 1 saturated heterocycles. The van der Waals surface area contributed by atoms with Gasteiger partial charge in [0.05, 0.1) is 20.6 Å². The van der Waals surface area contributed by atoms with Crippen molar-refractivity contribution in [3.05, 3.63) is 0 Å². The Balaban J connectivity index is 2.89. The highest BCUT2D eigenvalue weighted by atomic mass is 32.2. The summed E-state index contributed by atoms with van der Waals surface area (Å²) in [5.41, 5.74) is 0. The van der Waals surface area contributed by atoms with Gasteiger partial charge in [0.2, 0.25) is 0 Å². The van der Waals surface area contributed by atoms with E-state index in [1.807, 2.05) is 0 Å². The van der Waals surface area contributed by atoms with Gasteiger partial charge in [0, 0.05) is 5.75 Å². The maximum Gasteiger partial charge on any atom is 0.416 e. The van der Waals surface area contributed by atoms with Crippen molar-refractivity contribution in [3.8, 4) is 0 Å². The molecule has 1 heterocycles. The summed E-state index contributed by atoms with van der Waals surface area (Å²) in [5, 5.41) is 2.12. The summed E-state index contributed by atoms with van der Waals surface area (Å²) in [7, 11) is 2.09. The van der Waals surface area contributed by atoms with Gasteiger partial charge in [-0.3, -0.25) is 14.9 Å². The molecule has 0 amide bonds. The lowest BCUT2D eigenvalue weighted by Gasteiger charge is -2.30. The predicted octanol–water partition coefficient (Wildman–Crippen LogP) is 0.686. The summed E-state index contributed by atoms with van der Waals surface area (Å²) in [6, 6.07) is -1.09. The zero-order valence-electron chi connectivity index (χ0n) is 9.67. The van der Waals surface area contributed by atoms with Crippen LogP contribution < -0.4 is 5.32 Å². The molecule has 2 atom stereocenters. The van der Waals surface area contributed by atoms with Crippen molar-refractivity contribution in [2.75, 3.05) is 20.0 Å². The standard InChI is InChI=1S/C9H12F3NO4S/c1-16-6(14)3-8(9(10,11)12)13-5(4-18-8)7(15)17-2/h5,13H,3-4H2,1-2H3/t5-,8-/m1/s1. The van der Waals surface area contributed by atoms with Crippen molar-refractivity contribution in [1.82, 2.24) is 5.32 Å². The predicted molar refractivity (Wildman–Crippen MR) is 56.8 cm³/mol. The average molecular weight is 287 g/mol. The smallest absolute Gasteiger partial charge is 0.416 e. The number of nitrogens with one attached hydrogen (secondary N) is 1. The number of rotatable bonds is 3. The SMILES string of the molecule is COC(=O)C[C@@]1(C(F)(F)F)N[C@@H](C(=O)OC)CS1. The molecule has 0 aromatic carbocycles. The van der Waals surface area contributed by atoms with Gasteiger partial charge in [-0.15, -0.1) is 11.8 Å². The van der Waals surface area contributed by atoms with Crippen LogP contribution in [0.25, 0.3) is 0 Å². The van der Waals surface area contributed by atoms with E-state index >= 15 is 0 Å². The fraction of sp³-hybridized carbons (Fsp3) is 0.778. The van der Waals surface area contributed by atoms with E-state index in [0.29, 0.717) is 11.8 Å². The second kappa shape index (κ2) is 5.35. The summed E-state index contributed by atoms with van der Waals surface area (Å²) in [5.74, 6) is -1.92. The molecule has 0 aromatic heterocycles. The molecule has 1 aliphatic heterocycles. The van der Waals surface area contributed by atoms with E-state index in [1.165, 1.54) is 0 Å². The molecule has 0 saturated carbocycles. The number of hydrogen-bond donors (Lipinski definition) is 1. The van der Waals surface area contributed by atoms with Crippen LogP contribution in [0.4, 0.5) is 13.2 Å². The van der Waals surface area contributed by atoms with Crippen LogP contribution in [0.2, 0.25) is 0 Å². The maximum atomic E-state index is 13.0. The molecule has 9 heteroatoms. The van der Waals surface area contributed by atoms with E-state index in [1.54, 1.807) is 0 Å². The molecule has 0 aromatic rings. The number of alkyl halides is 3. The second-order valence-electron chi connectivity index (χ2n) is 3.61. The molecule has 0 unspecified atom stereocenters. The average Bonchev–Trinajstić information content (AvgIpc) is 2.72. The summed E-state index contributed by atoms with van der Waals surface area (Å²) in [4.78, 5) is 19.8. The van der Waals surface area contributed by atoms with Crippen LogP contribution in [0.5, 0.6) is 0 Å². The molecule has 0 aliphatic carbocycles. The van der Waals surface area contributed by atoms with Gasteiger partial charge in [0.15, 0.2) is 4.87 Å². The lowest BCUT2D eigenvalue weighted by atomic mass is 10.1. The van der Waals surface area contributed by atoms with Crippen molar-refractivity contribution < 1.29 is 32.2 Å². The van der Waals surface area contributed by atoms with E-state index in [-0.39, 0.29) is 5.75 Å². The fourth-order valence-corrected chi connectivity index (χ4v) is 2.78. The van der Waals surface area contributed by atoms with Crippen molar-refractivity contribution >= 4 is 23.7 Å². The molecule has 0 spiro atoms. The van der Waals surface area contributed by atoms with Crippen molar-refractivity contribution in [1.29, 1.82) is 0 Å². The molecule has 0 bridgehead atoms. The van der Waals surface area contributed by atoms with Crippen LogP contribution in [0.1, 0.15) is 6.42 Å². The van der Waals surface area contributed by atoms with Crippen LogP contribution in [0.3, 0.4) is 0 Å². The number of thioether (sulfide) groups is 1. The highest BCUT2D eigenvalue weighted by Crippen LogP contribution is 2.46. The first-order chi connectivity index (χ1) is 8.25. The largest absolute Gasteiger partial charge is 0.469 e. The minimum absolute atomic E-state index is 0.122. The lowest BCUT2D eigenvalue weighted by molar-refractivity contribution is -0.178. The Morgan fingerprint density at radius 2 is 2.00 bits per heavy atom. The Kier molecular flexibility index (Phi) is 4.49.